The van der Waals surface area contributed by atoms with E-state index in [-0.39, 0.29) is 11.2 Å². The molecular formula is C11H9N3O3. The average Bonchev–Trinajstić information content (AvgIpc) is 2.33. The van der Waals surface area contributed by atoms with Gasteiger partial charge in [0.2, 0.25) is 0 Å². The highest BCUT2D eigenvalue weighted by Crippen LogP contribution is 2.09. The molecule has 0 aliphatic rings. The first-order valence-electron chi connectivity index (χ1n) is 4.83. The Morgan fingerprint density at radius 3 is 2.47 bits per heavy atom. The first-order valence-corrected chi connectivity index (χ1v) is 4.83. The van der Waals surface area contributed by atoms with Gasteiger partial charge in [-0.1, -0.05) is 18.2 Å². The number of para-hydroxylation sites is 1. The van der Waals surface area contributed by atoms with Gasteiger partial charge < -0.3 is 5.21 Å². The molecule has 6 nitrogen and oxygen atoms in total. The number of benzene rings is 1. The lowest BCUT2D eigenvalue weighted by atomic mass is 10.3. The number of rotatable bonds is 2. The Balaban J connectivity index is 2.47. The zero-order valence-electron chi connectivity index (χ0n) is 8.72. The molecular weight excluding hydrogens is 222 g/mol. The van der Waals surface area contributed by atoms with Gasteiger partial charge in [-0.25, -0.2) is 4.99 Å². The van der Waals surface area contributed by atoms with Gasteiger partial charge in [0.05, 0.1) is 10.6 Å². The highest BCUT2D eigenvalue weighted by atomic mass is 16.6. The fourth-order valence-electron chi connectivity index (χ4n) is 1.30. The lowest BCUT2D eigenvalue weighted by Gasteiger charge is -1.98. The van der Waals surface area contributed by atoms with Gasteiger partial charge in [0.15, 0.2) is 5.49 Å². The van der Waals surface area contributed by atoms with Gasteiger partial charge in [-0.2, -0.15) is 4.73 Å². The topological polar surface area (TPSA) is 80.7 Å². The molecule has 0 bridgehead atoms. The van der Waals surface area contributed by atoms with E-state index in [4.69, 9.17) is 0 Å². The van der Waals surface area contributed by atoms with Crippen molar-refractivity contribution in [3.63, 3.8) is 0 Å². The first-order chi connectivity index (χ1) is 8.16. The highest BCUT2D eigenvalue weighted by molar-refractivity contribution is 5.36. The molecule has 0 saturated heterocycles. The molecule has 1 aromatic heterocycles. The lowest BCUT2D eigenvalue weighted by Crippen LogP contribution is -2.17. The minimum atomic E-state index is -0.584. The van der Waals surface area contributed by atoms with Gasteiger partial charge in [-0.3, -0.25) is 10.1 Å². The maximum Gasteiger partial charge on any atom is 0.289 e. The predicted molar refractivity (Wildman–Crippen MR) is 59.9 cm³/mol. The Labute approximate surface area is 96.2 Å². The number of pyridine rings is 1. The maximum absolute atomic E-state index is 10.5. The van der Waals surface area contributed by atoms with E-state index >= 15 is 0 Å². The van der Waals surface area contributed by atoms with Crippen molar-refractivity contribution >= 4 is 11.4 Å². The number of hydrogen-bond donors (Lipinski definition) is 1. The second kappa shape index (κ2) is 4.48. The molecule has 86 valence electrons. The summed E-state index contributed by atoms with van der Waals surface area (Å²) in [4.78, 5) is 14.0. The molecule has 6 heteroatoms. The number of nitrogens with zero attached hydrogens (tertiary/aromatic N) is 3. The van der Waals surface area contributed by atoms with E-state index < -0.39 is 4.92 Å². The second-order valence-electron chi connectivity index (χ2n) is 3.29. The summed E-state index contributed by atoms with van der Waals surface area (Å²) in [5.74, 6) is 0. The van der Waals surface area contributed by atoms with Gasteiger partial charge >= 0.3 is 0 Å². The van der Waals surface area contributed by atoms with Crippen LogP contribution in [0.2, 0.25) is 0 Å². The van der Waals surface area contributed by atoms with Crippen LogP contribution in [0.15, 0.2) is 53.7 Å². The summed E-state index contributed by atoms with van der Waals surface area (Å²) >= 11 is 0. The quantitative estimate of drug-likeness (QED) is 0.486. The van der Waals surface area contributed by atoms with Crippen molar-refractivity contribution < 1.29 is 10.1 Å². The summed E-state index contributed by atoms with van der Waals surface area (Å²) in [7, 11) is 0. The van der Waals surface area contributed by atoms with Crippen molar-refractivity contribution in [2.75, 3.05) is 0 Å². The van der Waals surface area contributed by atoms with Crippen LogP contribution in [0.25, 0.3) is 0 Å². The smallest absolute Gasteiger partial charge is 0.289 e. The Morgan fingerprint density at radius 2 is 1.88 bits per heavy atom. The Kier molecular flexibility index (Phi) is 2.87. The summed E-state index contributed by atoms with van der Waals surface area (Å²) in [6, 6.07) is 11.7. The van der Waals surface area contributed by atoms with Crippen molar-refractivity contribution in [2.24, 2.45) is 4.99 Å². The third-order valence-electron chi connectivity index (χ3n) is 2.10. The van der Waals surface area contributed by atoms with Crippen LogP contribution in [-0.2, 0) is 0 Å². The van der Waals surface area contributed by atoms with E-state index in [1.54, 1.807) is 12.1 Å². The third-order valence-corrected chi connectivity index (χ3v) is 2.10. The molecule has 0 unspecified atom stereocenters. The molecule has 0 aliphatic heterocycles. The van der Waals surface area contributed by atoms with Crippen molar-refractivity contribution in [3.05, 3.63) is 64.3 Å². The van der Waals surface area contributed by atoms with Crippen LogP contribution in [0.4, 0.5) is 11.4 Å². The Hall–Kier alpha value is -2.63. The largest absolute Gasteiger partial charge is 0.427 e. The molecule has 2 aromatic rings. The minimum Gasteiger partial charge on any atom is -0.427 e. The molecule has 0 saturated carbocycles. The molecule has 2 rings (SSSR count). The Bertz CT molecular complexity index is 605. The molecule has 0 spiro atoms. The van der Waals surface area contributed by atoms with Crippen molar-refractivity contribution in [1.82, 2.24) is 4.73 Å². The molecule has 0 amide bonds. The standard InChI is InChI=1S/C11H9N3O3/c15-13-8-10(14(16)17)6-7-11(13)12-9-4-2-1-3-5-9/h1-8,15H. The van der Waals surface area contributed by atoms with Gasteiger partial charge in [-0.05, 0) is 18.2 Å². The van der Waals surface area contributed by atoms with E-state index in [2.05, 4.69) is 4.99 Å². The molecule has 0 atom stereocenters. The van der Waals surface area contributed by atoms with Crippen LogP contribution >= 0.6 is 0 Å². The van der Waals surface area contributed by atoms with Crippen LogP contribution in [0.1, 0.15) is 0 Å². The van der Waals surface area contributed by atoms with Crippen LogP contribution in [0.3, 0.4) is 0 Å². The monoisotopic (exact) mass is 231 g/mol. The van der Waals surface area contributed by atoms with E-state index in [9.17, 15) is 15.3 Å². The summed E-state index contributed by atoms with van der Waals surface area (Å²) in [6.07, 6.45) is 1.00. The average molecular weight is 231 g/mol. The van der Waals surface area contributed by atoms with Gasteiger partial charge in [0, 0.05) is 6.07 Å². The summed E-state index contributed by atoms with van der Waals surface area (Å²) in [5.41, 5.74) is 0.686. The van der Waals surface area contributed by atoms with Crippen LogP contribution in [0, 0.1) is 10.1 Å². The number of aromatic nitrogens is 1. The normalized spacial score (nSPS) is 11.4. The van der Waals surface area contributed by atoms with E-state index in [0.29, 0.717) is 10.4 Å². The van der Waals surface area contributed by atoms with Crippen LogP contribution in [-0.4, -0.2) is 14.9 Å². The molecule has 0 fully saturated rings. The van der Waals surface area contributed by atoms with Crippen molar-refractivity contribution in [3.8, 4) is 0 Å². The van der Waals surface area contributed by atoms with Gasteiger partial charge in [0.25, 0.3) is 5.69 Å². The zero-order chi connectivity index (χ0) is 12.3. The fraction of sp³-hybridized carbons (Fsp3) is 0. The summed E-state index contributed by atoms with van der Waals surface area (Å²) < 4.78 is 0.630. The van der Waals surface area contributed by atoms with Crippen molar-refractivity contribution in [2.45, 2.75) is 0 Å². The fourth-order valence-corrected chi connectivity index (χ4v) is 1.30. The zero-order valence-corrected chi connectivity index (χ0v) is 8.72. The lowest BCUT2D eigenvalue weighted by molar-refractivity contribution is -0.385. The van der Waals surface area contributed by atoms with Gasteiger partial charge in [-0.15, -0.1) is 0 Å². The maximum atomic E-state index is 10.5. The molecule has 0 aliphatic carbocycles. The van der Waals surface area contributed by atoms with Gasteiger partial charge in [0.1, 0.15) is 6.20 Å². The summed E-state index contributed by atoms with van der Waals surface area (Å²) in [6.45, 7) is 0. The van der Waals surface area contributed by atoms with E-state index in [1.807, 2.05) is 18.2 Å². The second-order valence-corrected chi connectivity index (χ2v) is 3.29. The Morgan fingerprint density at radius 1 is 1.18 bits per heavy atom. The van der Waals surface area contributed by atoms with E-state index in [1.165, 1.54) is 12.1 Å². The van der Waals surface area contributed by atoms with E-state index in [0.717, 1.165) is 6.20 Å². The SMILES string of the molecule is O=[N+]([O-])c1ccc(=Nc2ccccc2)n(O)c1. The van der Waals surface area contributed by atoms with Crippen molar-refractivity contribution in [1.29, 1.82) is 0 Å². The van der Waals surface area contributed by atoms with Crippen LogP contribution in [0.5, 0.6) is 0 Å². The number of nitro groups is 1. The molecule has 1 heterocycles. The molecule has 0 radical (unpaired) electrons. The predicted octanol–water partition coefficient (Wildman–Crippen LogP) is 1.87. The molecule has 1 N–H and O–H groups in total. The third kappa shape index (κ3) is 2.49. The highest BCUT2D eigenvalue weighted by Gasteiger charge is 2.05. The minimum absolute atomic E-state index is 0.195. The first kappa shape index (κ1) is 10.9. The molecule has 1 aromatic carbocycles. The summed E-state index contributed by atoms with van der Waals surface area (Å²) in [5, 5.41) is 20.0. The molecule has 17 heavy (non-hydrogen) atoms. The number of hydrogen-bond acceptors (Lipinski definition) is 4. The van der Waals surface area contributed by atoms with Crippen LogP contribution < -0.4 is 5.49 Å².